The molecule has 2 aliphatic rings. The van der Waals surface area contributed by atoms with Crippen molar-refractivity contribution in [2.45, 2.75) is 49.7 Å². The summed E-state index contributed by atoms with van der Waals surface area (Å²) in [4.78, 5) is 0. The van der Waals surface area contributed by atoms with E-state index in [4.69, 9.17) is 0 Å². The van der Waals surface area contributed by atoms with Crippen molar-refractivity contribution in [3.05, 3.63) is 71.8 Å². The van der Waals surface area contributed by atoms with Crippen molar-refractivity contribution in [3.63, 3.8) is 0 Å². The van der Waals surface area contributed by atoms with E-state index in [1.807, 2.05) is 0 Å². The number of rotatable bonds is 2. The maximum atomic E-state index is 10.7. The third-order valence-electron chi connectivity index (χ3n) is 6.46. The van der Waals surface area contributed by atoms with E-state index in [0.717, 1.165) is 25.7 Å². The Bertz CT molecular complexity index is 638. The van der Waals surface area contributed by atoms with Crippen LogP contribution in [0, 0.1) is 11.8 Å². The molecule has 2 nitrogen and oxygen atoms in total. The maximum absolute atomic E-state index is 10.7. The van der Waals surface area contributed by atoms with Crippen LogP contribution >= 0.6 is 0 Å². The molecule has 2 atom stereocenters. The number of hydrogen-bond acceptors (Lipinski definition) is 2. The van der Waals surface area contributed by atoms with Crippen LogP contribution in [0.3, 0.4) is 0 Å². The van der Waals surface area contributed by atoms with E-state index in [0.29, 0.717) is 6.42 Å². The summed E-state index contributed by atoms with van der Waals surface area (Å²) >= 11 is 0. The SMILES string of the molecule is OC1(O)CCC(c2ccccc2)(c2ccccc2)C2CCCCC21. The molecule has 2 heteroatoms. The first-order valence-electron chi connectivity index (χ1n) is 9.20. The zero-order valence-corrected chi connectivity index (χ0v) is 14.1. The average Bonchev–Trinajstić information content (AvgIpc) is 2.64. The van der Waals surface area contributed by atoms with Gasteiger partial charge in [-0.2, -0.15) is 0 Å². The van der Waals surface area contributed by atoms with E-state index in [1.54, 1.807) is 0 Å². The fourth-order valence-corrected chi connectivity index (χ4v) is 5.38. The molecule has 0 aliphatic heterocycles. The lowest BCUT2D eigenvalue weighted by atomic mass is 9.51. The average molecular weight is 322 g/mol. The van der Waals surface area contributed by atoms with Gasteiger partial charge in [-0.1, -0.05) is 73.5 Å². The van der Waals surface area contributed by atoms with E-state index in [-0.39, 0.29) is 17.3 Å². The Morgan fingerprint density at radius 1 is 0.667 bits per heavy atom. The molecule has 0 heterocycles. The van der Waals surface area contributed by atoms with Gasteiger partial charge >= 0.3 is 0 Å². The molecule has 2 fully saturated rings. The highest BCUT2D eigenvalue weighted by Crippen LogP contribution is 2.57. The maximum Gasteiger partial charge on any atom is 0.165 e. The smallest absolute Gasteiger partial charge is 0.165 e. The van der Waals surface area contributed by atoms with Gasteiger partial charge in [-0.15, -0.1) is 0 Å². The quantitative estimate of drug-likeness (QED) is 0.811. The van der Waals surface area contributed by atoms with E-state index in [9.17, 15) is 10.2 Å². The predicted molar refractivity (Wildman–Crippen MR) is 95.5 cm³/mol. The first-order valence-corrected chi connectivity index (χ1v) is 9.20. The number of aliphatic hydroxyl groups is 2. The minimum absolute atomic E-state index is 0.0413. The minimum Gasteiger partial charge on any atom is -0.365 e. The highest BCUT2D eigenvalue weighted by Gasteiger charge is 2.56. The summed E-state index contributed by atoms with van der Waals surface area (Å²) in [6.45, 7) is 0. The highest BCUT2D eigenvalue weighted by molar-refractivity contribution is 5.42. The third kappa shape index (κ3) is 2.40. The van der Waals surface area contributed by atoms with Gasteiger partial charge < -0.3 is 10.2 Å². The van der Waals surface area contributed by atoms with Crippen molar-refractivity contribution in [3.8, 4) is 0 Å². The molecule has 2 aromatic carbocycles. The summed E-state index contributed by atoms with van der Waals surface area (Å²) < 4.78 is 0. The van der Waals surface area contributed by atoms with Crippen molar-refractivity contribution >= 4 is 0 Å². The van der Waals surface area contributed by atoms with E-state index in [1.165, 1.54) is 17.5 Å². The first kappa shape index (κ1) is 15.9. The largest absolute Gasteiger partial charge is 0.365 e. The monoisotopic (exact) mass is 322 g/mol. The molecule has 2 N–H and O–H groups in total. The molecular formula is C22H26O2. The molecule has 0 saturated heterocycles. The van der Waals surface area contributed by atoms with Crippen LogP contribution in [0.25, 0.3) is 0 Å². The van der Waals surface area contributed by atoms with Crippen LogP contribution < -0.4 is 0 Å². The van der Waals surface area contributed by atoms with Crippen LogP contribution in [0.5, 0.6) is 0 Å². The Labute approximate surface area is 144 Å². The number of benzene rings is 2. The Hall–Kier alpha value is -1.64. The molecule has 2 unspecified atom stereocenters. The standard InChI is InChI=1S/C22H26O2/c23-22(24)16-15-21(17-9-3-1-4-10-17,18-11-5-2-6-12-18)19-13-7-8-14-20(19)22/h1-6,9-12,19-20,23-24H,7-8,13-16H2. The topological polar surface area (TPSA) is 40.5 Å². The fourth-order valence-electron chi connectivity index (χ4n) is 5.38. The van der Waals surface area contributed by atoms with Gasteiger partial charge in [0.2, 0.25) is 0 Å². The second-order valence-electron chi connectivity index (χ2n) is 7.58. The molecule has 4 rings (SSSR count). The Morgan fingerprint density at radius 2 is 1.17 bits per heavy atom. The van der Waals surface area contributed by atoms with Gasteiger partial charge in [0.05, 0.1) is 0 Å². The van der Waals surface area contributed by atoms with Crippen LogP contribution in [0.1, 0.15) is 49.7 Å². The lowest BCUT2D eigenvalue weighted by Crippen LogP contribution is -2.56. The van der Waals surface area contributed by atoms with Crippen LogP contribution in [-0.4, -0.2) is 16.0 Å². The second kappa shape index (κ2) is 6.02. The molecule has 0 radical (unpaired) electrons. The molecule has 2 saturated carbocycles. The normalized spacial score (nSPS) is 28.1. The first-order chi connectivity index (χ1) is 11.6. The van der Waals surface area contributed by atoms with Gasteiger partial charge in [0.1, 0.15) is 0 Å². The second-order valence-corrected chi connectivity index (χ2v) is 7.58. The van der Waals surface area contributed by atoms with Gasteiger partial charge in [0.15, 0.2) is 5.79 Å². The lowest BCUT2D eigenvalue weighted by Gasteiger charge is -2.55. The van der Waals surface area contributed by atoms with Gasteiger partial charge in [-0.3, -0.25) is 0 Å². The van der Waals surface area contributed by atoms with E-state index in [2.05, 4.69) is 60.7 Å². The van der Waals surface area contributed by atoms with Gasteiger partial charge in [0.25, 0.3) is 0 Å². The van der Waals surface area contributed by atoms with E-state index >= 15 is 0 Å². The fraction of sp³-hybridized carbons (Fsp3) is 0.455. The van der Waals surface area contributed by atoms with Crippen molar-refractivity contribution in [2.75, 3.05) is 0 Å². The van der Waals surface area contributed by atoms with E-state index < -0.39 is 5.79 Å². The molecule has 2 aliphatic carbocycles. The molecule has 0 bridgehead atoms. The number of fused-ring (bicyclic) bond motifs is 1. The Morgan fingerprint density at radius 3 is 1.71 bits per heavy atom. The van der Waals surface area contributed by atoms with Crippen molar-refractivity contribution < 1.29 is 10.2 Å². The molecule has 24 heavy (non-hydrogen) atoms. The molecule has 0 aromatic heterocycles. The van der Waals surface area contributed by atoms with Crippen LogP contribution in [0.4, 0.5) is 0 Å². The summed E-state index contributed by atoms with van der Waals surface area (Å²) in [6.07, 6.45) is 5.49. The van der Waals surface area contributed by atoms with Gasteiger partial charge in [-0.05, 0) is 36.3 Å². The summed E-state index contributed by atoms with van der Waals surface area (Å²) in [6, 6.07) is 21.4. The van der Waals surface area contributed by atoms with Gasteiger partial charge in [0, 0.05) is 17.8 Å². The van der Waals surface area contributed by atoms with Crippen LogP contribution in [-0.2, 0) is 5.41 Å². The zero-order valence-electron chi connectivity index (χ0n) is 14.1. The Balaban J connectivity index is 1.90. The summed E-state index contributed by atoms with van der Waals surface area (Å²) in [5, 5.41) is 21.3. The van der Waals surface area contributed by atoms with Crippen LogP contribution in [0.15, 0.2) is 60.7 Å². The summed E-state index contributed by atoms with van der Waals surface area (Å²) in [5.74, 6) is -1.28. The molecule has 126 valence electrons. The van der Waals surface area contributed by atoms with Crippen molar-refractivity contribution in [1.29, 1.82) is 0 Å². The molecule has 2 aromatic rings. The third-order valence-corrected chi connectivity index (χ3v) is 6.46. The minimum atomic E-state index is -1.52. The Kier molecular flexibility index (Phi) is 3.98. The summed E-state index contributed by atoms with van der Waals surface area (Å²) in [5.41, 5.74) is 2.54. The van der Waals surface area contributed by atoms with Crippen LogP contribution in [0.2, 0.25) is 0 Å². The number of hydrogen-bond donors (Lipinski definition) is 2. The molecule has 0 spiro atoms. The molecular weight excluding hydrogens is 296 g/mol. The zero-order chi connectivity index (χ0) is 16.6. The summed E-state index contributed by atoms with van der Waals surface area (Å²) in [7, 11) is 0. The van der Waals surface area contributed by atoms with Crippen molar-refractivity contribution in [1.82, 2.24) is 0 Å². The molecule has 0 amide bonds. The highest BCUT2D eigenvalue weighted by atomic mass is 16.5. The lowest BCUT2D eigenvalue weighted by molar-refractivity contribution is -0.247. The van der Waals surface area contributed by atoms with Gasteiger partial charge in [-0.25, -0.2) is 0 Å². The van der Waals surface area contributed by atoms with Crippen molar-refractivity contribution in [2.24, 2.45) is 11.8 Å². The predicted octanol–water partition coefficient (Wildman–Crippen LogP) is 4.25.